The van der Waals surface area contributed by atoms with Crippen molar-refractivity contribution in [1.82, 2.24) is 0 Å². The van der Waals surface area contributed by atoms with Crippen LogP contribution in [0.3, 0.4) is 0 Å². The zero-order valence-electron chi connectivity index (χ0n) is 9.62. The van der Waals surface area contributed by atoms with Crippen LogP contribution in [-0.4, -0.2) is 6.21 Å². The minimum atomic E-state index is 0.516. The second-order valence-corrected chi connectivity index (χ2v) is 5.09. The Balaban J connectivity index is 2.24. The topological polar surface area (TPSA) is 12.4 Å². The third-order valence-electron chi connectivity index (χ3n) is 2.46. The number of rotatable bonds is 2. The van der Waals surface area contributed by atoms with Gasteiger partial charge in [0.15, 0.2) is 0 Å². The molecule has 0 unspecified atom stereocenters. The van der Waals surface area contributed by atoms with Crippen molar-refractivity contribution in [3.05, 3.63) is 62.6 Å². The number of aliphatic imine (C=N–C) groups is 1. The molecule has 18 heavy (non-hydrogen) atoms. The van der Waals surface area contributed by atoms with Crippen LogP contribution in [0, 0.1) is 6.92 Å². The summed E-state index contributed by atoms with van der Waals surface area (Å²) < 4.78 is 0. The third kappa shape index (κ3) is 3.26. The first kappa shape index (κ1) is 13.4. The summed E-state index contributed by atoms with van der Waals surface area (Å²) in [5.41, 5.74) is 2.72. The maximum atomic E-state index is 6.03. The van der Waals surface area contributed by atoms with E-state index in [2.05, 4.69) is 4.99 Å². The molecule has 0 aromatic heterocycles. The maximum Gasteiger partial charge on any atom is 0.0644 e. The zero-order valence-corrected chi connectivity index (χ0v) is 11.9. The zero-order chi connectivity index (χ0) is 13.1. The Morgan fingerprint density at radius 2 is 1.67 bits per heavy atom. The summed E-state index contributed by atoms with van der Waals surface area (Å²) in [6.07, 6.45) is 1.73. The molecule has 0 aliphatic rings. The van der Waals surface area contributed by atoms with E-state index in [9.17, 15) is 0 Å². The van der Waals surface area contributed by atoms with Crippen LogP contribution < -0.4 is 0 Å². The van der Waals surface area contributed by atoms with Crippen molar-refractivity contribution in [3.8, 4) is 0 Å². The monoisotopic (exact) mass is 297 g/mol. The summed E-state index contributed by atoms with van der Waals surface area (Å²) in [6.45, 7) is 1.95. The molecular formula is C14H10Cl3N. The summed E-state index contributed by atoms with van der Waals surface area (Å²) in [5, 5.41) is 1.76. The van der Waals surface area contributed by atoms with Crippen molar-refractivity contribution in [2.75, 3.05) is 0 Å². The third-order valence-corrected chi connectivity index (χ3v) is 3.61. The van der Waals surface area contributed by atoms with Crippen molar-refractivity contribution >= 4 is 46.7 Å². The summed E-state index contributed by atoms with van der Waals surface area (Å²) in [4.78, 5) is 4.34. The van der Waals surface area contributed by atoms with Crippen molar-refractivity contribution in [1.29, 1.82) is 0 Å². The predicted molar refractivity (Wildman–Crippen MR) is 79.9 cm³/mol. The largest absolute Gasteiger partial charge is 0.256 e. The molecule has 0 radical (unpaired) electrons. The lowest BCUT2D eigenvalue weighted by molar-refractivity contribution is 1.44. The first-order valence-electron chi connectivity index (χ1n) is 5.31. The highest BCUT2D eigenvalue weighted by molar-refractivity contribution is 6.42. The molecule has 2 aromatic rings. The Hall–Kier alpha value is -1.02. The van der Waals surface area contributed by atoms with Gasteiger partial charge in [-0.25, -0.2) is 0 Å². The Kier molecular flexibility index (Phi) is 4.28. The van der Waals surface area contributed by atoms with Crippen LogP contribution in [0.2, 0.25) is 15.1 Å². The van der Waals surface area contributed by atoms with E-state index in [1.54, 1.807) is 18.3 Å². The van der Waals surface area contributed by atoms with Gasteiger partial charge in [0.1, 0.15) is 0 Å². The summed E-state index contributed by atoms with van der Waals surface area (Å²) in [7, 11) is 0. The fraction of sp³-hybridized carbons (Fsp3) is 0.0714. The molecule has 0 saturated heterocycles. The number of benzene rings is 2. The minimum absolute atomic E-state index is 0.516. The van der Waals surface area contributed by atoms with Gasteiger partial charge < -0.3 is 0 Å². The lowest BCUT2D eigenvalue weighted by Crippen LogP contribution is -1.81. The van der Waals surface area contributed by atoms with Gasteiger partial charge in [-0.1, -0.05) is 46.9 Å². The Bertz CT molecular complexity index is 552. The standard InChI is InChI=1S/C14H10Cl3N/c1-9-2-4-11(7-13(9)16)18-8-10-3-5-12(15)14(17)6-10/h2-8H,1H3. The van der Waals surface area contributed by atoms with Gasteiger partial charge in [-0.2, -0.15) is 0 Å². The van der Waals surface area contributed by atoms with E-state index in [0.717, 1.165) is 16.8 Å². The van der Waals surface area contributed by atoms with Crippen LogP contribution >= 0.6 is 34.8 Å². The Morgan fingerprint density at radius 1 is 0.889 bits per heavy atom. The highest BCUT2D eigenvalue weighted by Crippen LogP contribution is 2.24. The molecule has 0 heterocycles. The number of aryl methyl sites for hydroxylation is 1. The molecule has 0 N–H and O–H groups in total. The number of nitrogens with zero attached hydrogens (tertiary/aromatic N) is 1. The molecule has 92 valence electrons. The van der Waals surface area contributed by atoms with Gasteiger partial charge in [0.25, 0.3) is 0 Å². The highest BCUT2D eigenvalue weighted by atomic mass is 35.5. The molecule has 2 rings (SSSR count). The molecule has 0 amide bonds. The average molecular weight is 299 g/mol. The predicted octanol–water partition coefficient (Wildman–Crippen LogP) is 5.71. The molecule has 0 saturated carbocycles. The van der Waals surface area contributed by atoms with Crippen molar-refractivity contribution in [2.45, 2.75) is 6.92 Å². The Labute approximate surface area is 121 Å². The van der Waals surface area contributed by atoms with Crippen molar-refractivity contribution < 1.29 is 0 Å². The first-order valence-corrected chi connectivity index (χ1v) is 6.45. The quantitative estimate of drug-likeness (QED) is 0.630. The van der Waals surface area contributed by atoms with Gasteiger partial charge >= 0.3 is 0 Å². The summed E-state index contributed by atoms with van der Waals surface area (Å²) in [6, 6.07) is 11.0. The second kappa shape index (κ2) is 5.75. The van der Waals surface area contributed by atoms with Crippen molar-refractivity contribution in [2.24, 2.45) is 4.99 Å². The molecule has 0 aliphatic heterocycles. The molecule has 0 spiro atoms. The van der Waals surface area contributed by atoms with E-state index in [1.807, 2.05) is 31.2 Å². The van der Waals surface area contributed by atoms with E-state index in [1.165, 1.54) is 0 Å². The highest BCUT2D eigenvalue weighted by Gasteiger charge is 1.98. The van der Waals surface area contributed by atoms with E-state index >= 15 is 0 Å². The normalized spacial score (nSPS) is 11.1. The lowest BCUT2D eigenvalue weighted by atomic mass is 10.2. The van der Waals surface area contributed by atoms with Gasteiger partial charge in [-0.05, 0) is 42.3 Å². The Morgan fingerprint density at radius 3 is 2.33 bits per heavy atom. The fourth-order valence-corrected chi connectivity index (χ4v) is 1.89. The van der Waals surface area contributed by atoms with Gasteiger partial charge in [0, 0.05) is 11.2 Å². The number of halogens is 3. The molecule has 0 bridgehead atoms. The number of hydrogen-bond acceptors (Lipinski definition) is 1. The lowest BCUT2D eigenvalue weighted by Gasteiger charge is -2.00. The van der Waals surface area contributed by atoms with E-state index < -0.39 is 0 Å². The van der Waals surface area contributed by atoms with Crippen LogP contribution in [0.25, 0.3) is 0 Å². The molecule has 1 nitrogen and oxygen atoms in total. The number of hydrogen-bond donors (Lipinski definition) is 0. The average Bonchev–Trinajstić information content (AvgIpc) is 2.35. The summed E-state index contributed by atoms with van der Waals surface area (Å²) in [5.74, 6) is 0. The van der Waals surface area contributed by atoms with Gasteiger partial charge in [0.2, 0.25) is 0 Å². The van der Waals surface area contributed by atoms with E-state index in [-0.39, 0.29) is 0 Å². The van der Waals surface area contributed by atoms with Crippen LogP contribution in [0.4, 0.5) is 5.69 Å². The van der Waals surface area contributed by atoms with Crippen LogP contribution in [0.1, 0.15) is 11.1 Å². The van der Waals surface area contributed by atoms with E-state index in [4.69, 9.17) is 34.8 Å². The fourth-order valence-electron chi connectivity index (χ4n) is 1.40. The molecule has 0 atom stereocenters. The molecule has 4 heteroatoms. The van der Waals surface area contributed by atoms with Gasteiger partial charge in [-0.3, -0.25) is 4.99 Å². The van der Waals surface area contributed by atoms with Crippen LogP contribution in [0.15, 0.2) is 41.4 Å². The van der Waals surface area contributed by atoms with Gasteiger partial charge in [0.05, 0.1) is 15.7 Å². The molecule has 0 aliphatic carbocycles. The molecular weight excluding hydrogens is 289 g/mol. The van der Waals surface area contributed by atoms with Gasteiger partial charge in [-0.15, -0.1) is 0 Å². The first-order chi connectivity index (χ1) is 8.56. The molecule has 2 aromatic carbocycles. The SMILES string of the molecule is Cc1ccc(N=Cc2ccc(Cl)c(Cl)c2)cc1Cl. The molecule has 0 fully saturated rings. The minimum Gasteiger partial charge on any atom is -0.256 e. The van der Waals surface area contributed by atoms with E-state index in [0.29, 0.717) is 15.1 Å². The maximum absolute atomic E-state index is 6.03. The van der Waals surface area contributed by atoms with Crippen LogP contribution in [-0.2, 0) is 0 Å². The van der Waals surface area contributed by atoms with Crippen molar-refractivity contribution in [3.63, 3.8) is 0 Å². The second-order valence-electron chi connectivity index (χ2n) is 3.87. The summed E-state index contributed by atoms with van der Waals surface area (Å²) >= 11 is 17.8. The van der Waals surface area contributed by atoms with Crippen LogP contribution in [0.5, 0.6) is 0 Å². The smallest absolute Gasteiger partial charge is 0.0644 e.